The first-order valence-corrected chi connectivity index (χ1v) is 8.98. The van der Waals surface area contributed by atoms with Crippen LogP contribution in [0.15, 0.2) is 59.2 Å². The molecule has 0 radical (unpaired) electrons. The lowest BCUT2D eigenvalue weighted by Gasteiger charge is -2.26. The van der Waals surface area contributed by atoms with Crippen LogP contribution in [0.2, 0.25) is 0 Å². The molecule has 1 aromatic carbocycles. The molecule has 0 N–H and O–H groups in total. The van der Waals surface area contributed by atoms with Gasteiger partial charge in [-0.25, -0.2) is 0 Å². The van der Waals surface area contributed by atoms with Crippen molar-refractivity contribution in [3.63, 3.8) is 0 Å². The molecule has 2 heterocycles. The van der Waals surface area contributed by atoms with Crippen LogP contribution in [0.25, 0.3) is 0 Å². The number of furan rings is 1. The number of imide groups is 1. The average Bonchev–Trinajstić information content (AvgIpc) is 3.30. The summed E-state index contributed by atoms with van der Waals surface area (Å²) < 4.78 is 5.24. The molecule has 1 aromatic heterocycles. The summed E-state index contributed by atoms with van der Waals surface area (Å²) in [4.78, 5) is 41.2. The number of amides is 3. The lowest BCUT2D eigenvalue weighted by molar-refractivity contribution is -0.139. The predicted octanol–water partition coefficient (Wildman–Crippen LogP) is 3.14. The number of anilines is 1. The molecule has 0 spiro atoms. The van der Waals surface area contributed by atoms with Crippen LogP contribution in [-0.4, -0.2) is 29.3 Å². The van der Waals surface area contributed by atoms with Crippen molar-refractivity contribution in [3.8, 4) is 0 Å². The highest BCUT2D eigenvalue weighted by atomic mass is 16.3. The van der Waals surface area contributed by atoms with Crippen molar-refractivity contribution in [2.45, 2.75) is 19.8 Å². The Labute approximate surface area is 157 Å². The van der Waals surface area contributed by atoms with Crippen LogP contribution in [0.1, 0.15) is 29.0 Å². The van der Waals surface area contributed by atoms with E-state index in [0.29, 0.717) is 18.5 Å². The third-order valence-corrected chi connectivity index (χ3v) is 5.20. The largest absolute Gasteiger partial charge is 0.459 e. The van der Waals surface area contributed by atoms with Gasteiger partial charge in [0.25, 0.3) is 5.91 Å². The molecule has 2 aliphatic rings. The van der Waals surface area contributed by atoms with Crippen LogP contribution in [0.5, 0.6) is 0 Å². The minimum Gasteiger partial charge on any atom is -0.459 e. The second-order valence-electron chi connectivity index (χ2n) is 6.95. The van der Waals surface area contributed by atoms with Crippen LogP contribution in [-0.2, 0) is 9.59 Å². The molecule has 2 aromatic rings. The first-order valence-electron chi connectivity index (χ1n) is 8.98. The average molecular weight is 364 g/mol. The Bertz CT molecular complexity index is 873. The van der Waals surface area contributed by atoms with E-state index in [4.69, 9.17) is 4.42 Å². The van der Waals surface area contributed by atoms with E-state index in [9.17, 15) is 14.4 Å². The molecule has 4 rings (SSSR count). The third kappa shape index (κ3) is 3.07. The fourth-order valence-electron chi connectivity index (χ4n) is 3.67. The van der Waals surface area contributed by atoms with Gasteiger partial charge in [0.2, 0.25) is 11.8 Å². The number of rotatable bonds is 4. The van der Waals surface area contributed by atoms with Crippen molar-refractivity contribution in [3.05, 3.63) is 66.1 Å². The molecule has 2 unspecified atom stereocenters. The number of hydrogen-bond acceptors (Lipinski definition) is 4. The van der Waals surface area contributed by atoms with Crippen molar-refractivity contribution in [1.29, 1.82) is 0 Å². The maximum Gasteiger partial charge on any atom is 0.295 e. The van der Waals surface area contributed by atoms with Gasteiger partial charge in [-0.15, -0.1) is 0 Å². The Kier molecular flexibility index (Phi) is 4.39. The molecule has 138 valence electrons. The molecule has 6 heteroatoms. The highest BCUT2D eigenvalue weighted by Crippen LogP contribution is 2.35. The molecule has 1 saturated heterocycles. The third-order valence-electron chi connectivity index (χ3n) is 5.20. The second-order valence-corrected chi connectivity index (χ2v) is 6.95. The van der Waals surface area contributed by atoms with Crippen LogP contribution < -0.4 is 4.90 Å². The number of fused-ring (bicyclic) bond motifs is 1. The quantitative estimate of drug-likeness (QED) is 0.617. The highest BCUT2D eigenvalue weighted by Gasteiger charge is 2.48. The Morgan fingerprint density at radius 3 is 2.26 bits per heavy atom. The molecule has 1 aliphatic carbocycles. The van der Waals surface area contributed by atoms with E-state index in [2.05, 4.69) is 0 Å². The predicted molar refractivity (Wildman–Crippen MR) is 98.8 cm³/mol. The summed E-state index contributed by atoms with van der Waals surface area (Å²) in [6, 6.07) is 10.6. The van der Waals surface area contributed by atoms with Crippen LogP contribution in [0.3, 0.4) is 0 Å². The van der Waals surface area contributed by atoms with Gasteiger partial charge in [-0.2, -0.15) is 0 Å². The summed E-state index contributed by atoms with van der Waals surface area (Å²) in [6.07, 6.45) is 6.46. The summed E-state index contributed by atoms with van der Waals surface area (Å²) in [6.45, 7) is 1.83. The number of carbonyl (C=O) groups excluding carboxylic acids is 3. The van der Waals surface area contributed by atoms with Crippen molar-refractivity contribution in [2.24, 2.45) is 11.8 Å². The van der Waals surface area contributed by atoms with Crippen LogP contribution in [0.4, 0.5) is 5.69 Å². The maximum absolute atomic E-state index is 13.0. The molecular formula is C21H20N2O4. The molecular weight excluding hydrogens is 344 g/mol. The van der Waals surface area contributed by atoms with Gasteiger partial charge in [0.15, 0.2) is 5.76 Å². The van der Waals surface area contributed by atoms with E-state index in [-0.39, 0.29) is 36.1 Å². The maximum atomic E-state index is 13.0. The van der Waals surface area contributed by atoms with Gasteiger partial charge in [0.05, 0.1) is 18.1 Å². The molecule has 27 heavy (non-hydrogen) atoms. The van der Waals surface area contributed by atoms with E-state index in [1.807, 2.05) is 31.2 Å². The Morgan fingerprint density at radius 1 is 1.07 bits per heavy atom. The summed E-state index contributed by atoms with van der Waals surface area (Å²) in [5.74, 6) is -1.29. The molecule has 3 amide bonds. The SMILES string of the molecule is Cc1ccc(N(CN2C(=O)C3CC=CCC3C2=O)C(=O)c2ccco2)cc1. The van der Waals surface area contributed by atoms with E-state index in [1.54, 1.807) is 24.3 Å². The molecule has 1 fully saturated rings. The number of carbonyl (C=O) groups is 3. The van der Waals surface area contributed by atoms with Gasteiger partial charge in [0.1, 0.15) is 6.67 Å². The van der Waals surface area contributed by atoms with E-state index in [0.717, 1.165) is 5.56 Å². The minimum atomic E-state index is -0.391. The van der Waals surface area contributed by atoms with Crippen molar-refractivity contribution in [2.75, 3.05) is 11.6 Å². The van der Waals surface area contributed by atoms with Gasteiger partial charge in [-0.05, 0) is 44.0 Å². The van der Waals surface area contributed by atoms with Gasteiger partial charge in [-0.1, -0.05) is 29.8 Å². The standard InChI is InChI=1S/C21H20N2O4/c1-14-8-10-15(11-9-14)22(21(26)18-7-4-12-27-18)13-23-19(24)16-5-2-3-6-17(16)20(23)25/h2-4,7-12,16-17H,5-6,13H2,1H3. The van der Waals surface area contributed by atoms with Gasteiger partial charge < -0.3 is 4.42 Å². The van der Waals surface area contributed by atoms with Crippen LogP contribution in [0, 0.1) is 18.8 Å². The smallest absolute Gasteiger partial charge is 0.295 e. The Morgan fingerprint density at radius 2 is 1.70 bits per heavy atom. The molecule has 0 bridgehead atoms. The number of likely N-dealkylation sites (tertiary alicyclic amines) is 1. The first kappa shape index (κ1) is 17.3. The second kappa shape index (κ2) is 6.87. The topological polar surface area (TPSA) is 70.8 Å². The van der Waals surface area contributed by atoms with Gasteiger partial charge in [-0.3, -0.25) is 24.2 Å². The normalized spacial score (nSPS) is 21.4. The number of hydrogen-bond donors (Lipinski definition) is 0. The van der Waals surface area contributed by atoms with Crippen LogP contribution >= 0.6 is 0 Å². The molecule has 2 atom stereocenters. The Hall–Kier alpha value is -3.15. The fraction of sp³-hybridized carbons (Fsp3) is 0.286. The fourth-order valence-corrected chi connectivity index (χ4v) is 3.67. The van der Waals surface area contributed by atoms with Crippen molar-refractivity contribution >= 4 is 23.4 Å². The van der Waals surface area contributed by atoms with Crippen molar-refractivity contribution in [1.82, 2.24) is 4.90 Å². The zero-order valence-corrected chi connectivity index (χ0v) is 15.0. The first-order chi connectivity index (χ1) is 13.1. The molecule has 1 aliphatic heterocycles. The Balaban J connectivity index is 1.65. The summed E-state index contributed by atoms with van der Waals surface area (Å²) >= 11 is 0. The zero-order valence-electron chi connectivity index (χ0n) is 15.0. The number of nitrogens with zero attached hydrogens (tertiary/aromatic N) is 2. The van der Waals surface area contributed by atoms with E-state index in [1.165, 1.54) is 16.1 Å². The summed E-state index contributed by atoms with van der Waals surface area (Å²) in [5, 5.41) is 0. The highest BCUT2D eigenvalue weighted by molar-refractivity contribution is 6.08. The lowest BCUT2D eigenvalue weighted by atomic mass is 9.85. The summed E-state index contributed by atoms with van der Waals surface area (Å²) in [5.41, 5.74) is 1.66. The zero-order chi connectivity index (χ0) is 19.0. The van der Waals surface area contributed by atoms with E-state index >= 15 is 0 Å². The number of allylic oxidation sites excluding steroid dienone is 2. The number of aryl methyl sites for hydroxylation is 1. The lowest BCUT2D eigenvalue weighted by Crippen LogP contribution is -2.44. The monoisotopic (exact) mass is 364 g/mol. The van der Waals surface area contributed by atoms with Crippen molar-refractivity contribution < 1.29 is 18.8 Å². The van der Waals surface area contributed by atoms with E-state index < -0.39 is 5.91 Å². The minimum absolute atomic E-state index is 0.118. The molecule has 0 saturated carbocycles. The summed E-state index contributed by atoms with van der Waals surface area (Å²) in [7, 11) is 0. The molecule has 6 nitrogen and oxygen atoms in total. The van der Waals surface area contributed by atoms with Gasteiger partial charge >= 0.3 is 0 Å². The number of benzene rings is 1. The van der Waals surface area contributed by atoms with Gasteiger partial charge in [0, 0.05) is 5.69 Å².